The Hall–Kier alpha value is -1.20. The number of nitrogens with one attached hydrogen (secondary N) is 1. The average molecular weight is 447 g/mol. The van der Waals surface area contributed by atoms with Gasteiger partial charge in [0.2, 0.25) is 21.1 Å². The number of rotatable bonds is 6. The van der Waals surface area contributed by atoms with Crippen LogP contribution in [0.3, 0.4) is 0 Å². The molecular weight excluding hydrogens is 428 g/mol. The number of thioether (sulfide) groups is 1. The fourth-order valence-electron chi connectivity index (χ4n) is 2.89. The molecule has 0 bridgehead atoms. The van der Waals surface area contributed by atoms with Gasteiger partial charge in [-0.1, -0.05) is 46.8 Å². The normalized spacial score (nSPS) is 18.4. The molecule has 0 aliphatic carbocycles. The Balaban J connectivity index is 1.64. The first-order valence-corrected chi connectivity index (χ1v) is 12.3. The third-order valence-corrected chi connectivity index (χ3v) is 8.06. The summed E-state index contributed by atoms with van der Waals surface area (Å²) in [4.78, 5) is 12.5. The van der Waals surface area contributed by atoms with E-state index in [0.717, 1.165) is 4.34 Å². The Kier molecular flexibility index (Phi) is 6.74. The first kappa shape index (κ1) is 20.5. The Morgan fingerprint density at radius 2 is 2.26 bits per heavy atom. The van der Waals surface area contributed by atoms with Gasteiger partial charge in [-0.2, -0.15) is 0 Å². The number of anilines is 1. The minimum absolute atomic E-state index is 0.130. The number of carbonyl (C=O) groups is 1. The number of hydrogen-bond acceptors (Lipinski definition) is 7. The molecule has 0 saturated carbocycles. The number of piperidine rings is 1. The van der Waals surface area contributed by atoms with Crippen molar-refractivity contribution in [3.63, 3.8) is 0 Å². The van der Waals surface area contributed by atoms with Crippen molar-refractivity contribution in [2.45, 2.75) is 22.9 Å². The molecule has 0 unspecified atom stereocenters. The van der Waals surface area contributed by atoms with Gasteiger partial charge in [-0.25, -0.2) is 12.7 Å². The number of hydrogen-bond donors (Lipinski definition) is 1. The fourth-order valence-corrected chi connectivity index (χ4v) is 5.87. The van der Waals surface area contributed by atoms with Crippen molar-refractivity contribution in [1.29, 1.82) is 0 Å². The second-order valence-electron chi connectivity index (χ2n) is 6.15. The molecule has 27 heavy (non-hydrogen) atoms. The summed E-state index contributed by atoms with van der Waals surface area (Å²) in [5, 5.41) is 11.5. The van der Waals surface area contributed by atoms with E-state index in [1.165, 1.54) is 27.4 Å². The summed E-state index contributed by atoms with van der Waals surface area (Å²) in [6.45, 7) is 0.588. The molecule has 146 valence electrons. The second-order valence-corrected chi connectivity index (χ2v) is 10.6. The summed E-state index contributed by atoms with van der Waals surface area (Å²) < 4.78 is 27.7. The number of halogens is 1. The summed E-state index contributed by atoms with van der Waals surface area (Å²) in [5.74, 6) is -0.758. The van der Waals surface area contributed by atoms with Gasteiger partial charge < -0.3 is 5.32 Å². The van der Waals surface area contributed by atoms with Crippen molar-refractivity contribution in [3.8, 4) is 0 Å². The van der Waals surface area contributed by atoms with Crippen molar-refractivity contribution in [1.82, 2.24) is 14.5 Å². The summed E-state index contributed by atoms with van der Waals surface area (Å²) in [7, 11) is -3.53. The van der Waals surface area contributed by atoms with Crippen LogP contribution in [-0.2, 0) is 20.6 Å². The zero-order valence-corrected chi connectivity index (χ0v) is 17.8. The van der Waals surface area contributed by atoms with Crippen LogP contribution in [0.5, 0.6) is 0 Å². The van der Waals surface area contributed by atoms with Gasteiger partial charge in [-0.05, 0) is 36.8 Å². The molecule has 7 nitrogen and oxygen atoms in total. The molecule has 1 amide bonds. The number of aromatic nitrogens is 2. The summed E-state index contributed by atoms with van der Waals surface area (Å²) in [6.07, 6.45) is 3.16. The summed E-state index contributed by atoms with van der Waals surface area (Å²) in [5.41, 5.74) is 0.632. The van der Waals surface area contributed by atoms with Crippen molar-refractivity contribution < 1.29 is 13.2 Å². The van der Waals surface area contributed by atoms with Crippen molar-refractivity contribution >= 4 is 55.8 Å². The van der Waals surface area contributed by atoms with Crippen LogP contribution in [0, 0.1) is 5.92 Å². The minimum Gasteiger partial charge on any atom is -0.300 e. The molecule has 0 spiro atoms. The lowest BCUT2D eigenvalue weighted by Crippen LogP contribution is -2.44. The van der Waals surface area contributed by atoms with Crippen LogP contribution in [0.2, 0.25) is 5.02 Å². The van der Waals surface area contributed by atoms with Crippen LogP contribution in [0.1, 0.15) is 18.4 Å². The van der Waals surface area contributed by atoms with Crippen LogP contribution in [0.4, 0.5) is 5.13 Å². The molecule has 1 atom stereocenters. The van der Waals surface area contributed by atoms with E-state index < -0.39 is 15.9 Å². The maximum Gasteiger partial charge on any atom is 0.230 e. The molecule has 0 radical (unpaired) electrons. The van der Waals surface area contributed by atoms with Gasteiger partial charge in [-0.3, -0.25) is 4.79 Å². The van der Waals surface area contributed by atoms with Gasteiger partial charge in [0, 0.05) is 18.1 Å². The number of amides is 1. The molecule has 1 aliphatic rings. The number of benzene rings is 1. The van der Waals surface area contributed by atoms with Crippen molar-refractivity contribution in [3.05, 3.63) is 34.9 Å². The smallest absolute Gasteiger partial charge is 0.230 e. The monoisotopic (exact) mass is 446 g/mol. The standard InChI is InChI=1S/C16H19ClN4O3S3/c1-25-16-20-19-15(26-16)18-14(22)12-5-3-7-21(9-12)27(23,24)10-11-4-2-6-13(17)8-11/h2,4,6,8,12H,3,5,7,9-10H2,1H3,(H,18,19,22)/t12-/m0/s1. The molecule has 11 heteroatoms. The second kappa shape index (κ2) is 8.87. The lowest BCUT2D eigenvalue weighted by molar-refractivity contribution is -0.120. The quantitative estimate of drug-likeness (QED) is 0.541. The van der Waals surface area contributed by atoms with E-state index >= 15 is 0 Å². The Morgan fingerprint density at radius 3 is 2.96 bits per heavy atom. The Morgan fingerprint density at radius 1 is 1.44 bits per heavy atom. The first-order chi connectivity index (χ1) is 12.9. The predicted octanol–water partition coefficient (Wildman–Crippen LogP) is 3.09. The van der Waals surface area contributed by atoms with Gasteiger partial charge in [0.05, 0.1) is 11.7 Å². The summed E-state index contributed by atoms with van der Waals surface area (Å²) >= 11 is 8.69. The van der Waals surface area contributed by atoms with Gasteiger partial charge >= 0.3 is 0 Å². The number of carbonyl (C=O) groups excluding carboxylic acids is 1. The predicted molar refractivity (Wildman–Crippen MR) is 109 cm³/mol. The van der Waals surface area contributed by atoms with Crippen LogP contribution >= 0.6 is 34.7 Å². The van der Waals surface area contributed by atoms with Crippen molar-refractivity contribution in [2.75, 3.05) is 24.7 Å². The molecule has 2 heterocycles. The van der Waals surface area contributed by atoms with Gasteiger partial charge in [0.15, 0.2) is 4.34 Å². The van der Waals surface area contributed by atoms with E-state index in [1.54, 1.807) is 24.3 Å². The summed E-state index contributed by atoms with van der Waals surface area (Å²) in [6, 6.07) is 6.81. The molecule has 1 saturated heterocycles. The van der Waals surface area contributed by atoms with E-state index in [-0.39, 0.29) is 18.2 Å². The third-order valence-electron chi connectivity index (χ3n) is 4.20. The molecule has 3 rings (SSSR count). The highest BCUT2D eigenvalue weighted by Crippen LogP contribution is 2.26. The molecule has 1 fully saturated rings. The fraction of sp³-hybridized carbons (Fsp3) is 0.438. The van der Waals surface area contributed by atoms with E-state index in [0.29, 0.717) is 35.1 Å². The van der Waals surface area contributed by atoms with Gasteiger partial charge in [0.25, 0.3) is 0 Å². The van der Waals surface area contributed by atoms with Crippen LogP contribution < -0.4 is 5.32 Å². The molecule has 1 aliphatic heterocycles. The van der Waals surface area contributed by atoms with Crippen LogP contribution in [0.25, 0.3) is 0 Å². The topological polar surface area (TPSA) is 92.3 Å². The van der Waals surface area contributed by atoms with Gasteiger partial charge in [0.1, 0.15) is 0 Å². The highest BCUT2D eigenvalue weighted by atomic mass is 35.5. The van der Waals surface area contributed by atoms with Crippen LogP contribution in [0.15, 0.2) is 28.6 Å². The lowest BCUT2D eigenvalue weighted by Gasteiger charge is -2.31. The zero-order chi connectivity index (χ0) is 19.4. The maximum absolute atomic E-state index is 12.8. The molecule has 1 aromatic heterocycles. The highest BCUT2D eigenvalue weighted by Gasteiger charge is 2.32. The van der Waals surface area contributed by atoms with E-state index in [2.05, 4.69) is 15.5 Å². The van der Waals surface area contributed by atoms with E-state index in [4.69, 9.17) is 11.6 Å². The van der Waals surface area contributed by atoms with Crippen LogP contribution in [-0.4, -0.2) is 48.2 Å². The van der Waals surface area contributed by atoms with E-state index in [1.807, 2.05) is 6.26 Å². The lowest BCUT2D eigenvalue weighted by atomic mass is 9.99. The third kappa shape index (κ3) is 5.41. The van der Waals surface area contributed by atoms with E-state index in [9.17, 15) is 13.2 Å². The van der Waals surface area contributed by atoms with Gasteiger partial charge in [-0.15, -0.1) is 10.2 Å². The Labute approximate surface area is 171 Å². The SMILES string of the molecule is CSc1nnc(NC(=O)[C@H]2CCCN(S(=O)(=O)Cc3cccc(Cl)c3)C2)s1. The molecular formula is C16H19ClN4O3S3. The van der Waals surface area contributed by atoms with Crippen molar-refractivity contribution in [2.24, 2.45) is 5.92 Å². The molecule has 2 aromatic rings. The zero-order valence-electron chi connectivity index (χ0n) is 14.6. The largest absolute Gasteiger partial charge is 0.300 e. The Bertz CT molecular complexity index is 919. The maximum atomic E-state index is 12.8. The highest BCUT2D eigenvalue weighted by molar-refractivity contribution is 8.00. The number of nitrogens with zero attached hydrogens (tertiary/aromatic N) is 3. The minimum atomic E-state index is -3.53. The average Bonchev–Trinajstić information content (AvgIpc) is 3.09. The first-order valence-electron chi connectivity index (χ1n) is 8.28. The molecule has 1 aromatic carbocycles. The molecule has 1 N–H and O–H groups in total. The number of sulfonamides is 1.